The Morgan fingerprint density at radius 1 is 1.24 bits per heavy atom. The van der Waals surface area contributed by atoms with E-state index >= 15 is 0 Å². The molecule has 0 aliphatic carbocycles. The Bertz CT molecular complexity index is 619. The fourth-order valence-electron chi connectivity index (χ4n) is 3.47. The highest BCUT2D eigenvalue weighted by atomic mass is 16.5. The molecular formula is C15H21N5O. The van der Waals surface area contributed by atoms with Gasteiger partial charge in [0.15, 0.2) is 0 Å². The maximum Gasteiger partial charge on any atom is 0.137 e. The molecule has 0 bridgehead atoms. The highest BCUT2D eigenvalue weighted by Crippen LogP contribution is 2.34. The second-order valence-corrected chi connectivity index (χ2v) is 6.01. The molecule has 112 valence electrons. The molecule has 2 aromatic rings. The smallest absolute Gasteiger partial charge is 0.137 e. The number of ether oxygens (including phenoxy) is 1. The molecule has 4 heterocycles. The molecule has 4 rings (SSSR count). The number of imidazole rings is 2. The second-order valence-electron chi connectivity index (χ2n) is 6.01. The summed E-state index contributed by atoms with van der Waals surface area (Å²) in [6.07, 6.45) is 9.06. The largest absolute Gasteiger partial charge is 0.370 e. The zero-order chi connectivity index (χ0) is 14.2. The minimum absolute atomic E-state index is 0.131. The van der Waals surface area contributed by atoms with E-state index in [1.165, 1.54) is 5.82 Å². The Labute approximate surface area is 124 Å². The van der Waals surface area contributed by atoms with Gasteiger partial charge in [-0.25, -0.2) is 9.97 Å². The van der Waals surface area contributed by atoms with Crippen molar-refractivity contribution in [2.75, 3.05) is 19.7 Å². The van der Waals surface area contributed by atoms with Crippen LogP contribution in [0.1, 0.15) is 24.2 Å². The van der Waals surface area contributed by atoms with Gasteiger partial charge in [0.1, 0.15) is 17.8 Å². The molecular weight excluding hydrogens is 266 g/mol. The van der Waals surface area contributed by atoms with E-state index in [-0.39, 0.29) is 6.10 Å². The summed E-state index contributed by atoms with van der Waals surface area (Å²) in [6.45, 7) is 4.97. The van der Waals surface area contributed by atoms with Gasteiger partial charge in [0.05, 0.1) is 6.54 Å². The normalized spacial score (nSPS) is 26.1. The van der Waals surface area contributed by atoms with Gasteiger partial charge in [-0.1, -0.05) is 0 Å². The SMILES string of the molecule is Cn1ccnc1[C@@H]1OCC[C@H]1CN1CCn2ccnc2C1. The predicted octanol–water partition coefficient (Wildman–Crippen LogP) is 1.21. The number of aryl methyl sites for hydroxylation is 1. The Morgan fingerprint density at radius 3 is 3.00 bits per heavy atom. The van der Waals surface area contributed by atoms with Crippen LogP contribution in [0.2, 0.25) is 0 Å². The molecule has 0 spiro atoms. The number of hydrogen-bond acceptors (Lipinski definition) is 4. The molecule has 2 aliphatic heterocycles. The first-order valence-corrected chi connectivity index (χ1v) is 7.62. The van der Waals surface area contributed by atoms with Crippen molar-refractivity contribution in [3.05, 3.63) is 36.4 Å². The van der Waals surface area contributed by atoms with E-state index in [0.29, 0.717) is 5.92 Å². The summed E-state index contributed by atoms with van der Waals surface area (Å²) < 4.78 is 10.3. The van der Waals surface area contributed by atoms with Gasteiger partial charge in [-0.2, -0.15) is 0 Å². The average Bonchev–Trinajstić information content (AvgIpc) is 3.18. The highest BCUT2D eigenvalue weighted by Gasteiger charge is 2.34. The van der Waals surface area contributed by atoms with Crippen molar-refractivity contribution in [3.63, 3.8) is 0 Å². The standard InChI is InChI=1S/C15H21N5O/c1-18-5-3-17-15(18)14-12(2-9-21-14)10-19-7-8-20-6-4-16-13(20)11-19/h3-6,12,14H,2,7-11H2,1H3/t12-,14+/m0/s1. The van der Waals surface area contributed by atoms with Gasteiger partial charge < -0.3 is 13.9 Å². The molecule has 0 N–H and O–H groups in total. The fourth-order valence-corrected chi connectivity index (χ4v) is 3.47. The van der Waals surface area contributed by atoms with E-state index < -0.39 is 0 Å². The number of fused-ring (bicyclic) bond motifs is 1. The molecule has 2 aliphatic rings. The number of aromatic nitrogens is 4. The van der Waals surface area contributed by atoms with Gasteiger partial charge in [-0.05, 0) is 6.42 Å². The lowest BCUT2D eigenvalue weighted by Gasteiger charge is -2.31. The quantitative estimate of drug-likeness (QED) is 0.851. The van der Waals surface area contributed by atoms with Crippen molar-refractivity contribution in [2.24, 2.45) is 13.0 Å². The van der Waals surface area contributed by atoms with Crippen molar-refractivity contribution in [1.82, 2.24) is 24.0 Å². The average molecular weight is 287 g/mol. The first-order valence-electron chi connectivity index (χ1n) is 7.62. The maximum absolute atomic E-state index is 5.96. The van der Waals surface area contributed by atoms with E-state index in [1.807, 2.05) is 25.6 Å². The lowest BCUT2D eigenvalue weighted by molar-refractivity contribution is 0.0651. The molecule has 6 nitrogen and oxygen atoms in total. The van der Waals surface area contributed by atoms with Crippen LogP contribution in [0.25, 0.3) is 0 Å². The first kappa shape index (κ1) is 13.0. The van der Waals surface area contributed by atoms with Crippen LogP contribution >= 0.6 is 0 Å². The molecule has 0 unspecified atom stereocenters. The van der Waals surface area contributed by atoms with Crippen molar-refractivity contribution in [1.29, 1.82) is 0 Å². The maximum atomic E-state index is 5.96. The van der Waals surface area contributed by atoms with Gasteiger partial charge >= 0.3 is 0 Å². The lowest BCUT2D eigenvalue weighted by atomic mass is 9.99. The Hall–Kier alpha value is -1.66. The fraction of sp³-hybridized carbons (Fsp3) is 0.600. The van der Waals surface area contributed by atoms with Gasteiger partial charge in [0, 0.05) is 64.0 Å². The highest BCUT2D eigenvalue weighted by molar-refractivity contribution is 5.02. The number of hydrogen-bond donors (Lipinski definition) is 0. The van der Waals surface area contributed by atoms with E-state index in [2.05, 4.69) is 30.2 Å². The molecule has 21 heavy (non-hydrogen) atoms. The van der Waals surface area contributed by atoms with Crippen molar-refractivity contribution < 1.29 is 4.74 Å². The van der Waals surface area contributed by atoms with E-state index in [0.717, 1.165) is 45.0 Å². The Balaban J connectivity index is 1.46. The summed E-state index contributed by atoms with van der Waals surface area (Å²) in [4.78, 5) is 11.4. The van der Waals surface area contributed by atoms with E-state index in [4.69, 9.17) is 4.74 Å². The summed E-state index contributed by atoms with van der Waals surface area (Å²) in [7, 11) is 2.04. The van der Waals surface area contributed by atoms with Crippen LogP contribution in [-0.2, 0) is 24.9 Å². The third-order valence-electron chi connectivity index (χ3n) is 4.64. The third kappa shape index (κ3) is 2.38. The summed E-state index contributed by atoms with van der Waals surface area (Å²) in [5.74, 6) is 2.75. The van der Waals surface area contributed by atoms with Gasteiger partial charge in [-0.15, -0.1) is 0 Å². The molecule has 1 fully saturated rings. The van der Waals surface area contributed by atoms with Crippen LogP contribution < -0.4 is 0 Å². The number of rotatable bonds is 3. The molecule has 1 saturated heterocycles. The lowest BCUT2D eigenvalue weighted by Crippen LogP contribution is -2.37. The summed E-state index contributed by atoms with van der Waals surface area (Å²) in [5, 5.41) is 0. The minimum atomic E-state index is 0.131. The van der Waals surface area contributed by atoms with Crippen LogP contribution in [0.15, 0.2) is 24.8 Å². The van der Waals surface area contributed by atoms with Gasteiger partial charge in [0.2, 0.25) is 0 Å². The predicted molar refractivity (Wildman–Crippen MR) is 77.5 cm³/mol. The molecule has 0 saturated carbocycles. The summed E-state index contributed by atoms with van der Waals surface area (Å²) in [6, 6.07) is 0. The van der Waals surface area contributed by atoms with Crippen LogP contribution in [-0.4, -0.2) is 43.7 Å². The van der Waals surface area contributed by atoms with Crippen molar-refractivity contribution in [2.45, 2.75) is 25.6 Å². The van der Waals surface area contributed by atoms with E-state index in [9.17, 15) is 0 Å². The monoisotopic (exact) mass is 287 g/mol. The topological polar surface area (TPSA) is 48.1 Å². The number of nitrogens with zero attached hydrogens (tertiary/aromatic N) is 5. The van der Waals surface area contributed by atoms with Crippen molar-refractivity contribution in [3.8, 4) is 0 Å². The molecule has 0 amide bonds. The van der Waals surface area contributed by atoms with Gasteiger partial charge in [0.25, 0.3) is 0 Å². The molecule has 2 aromatic heterocycles. The Kier molecular flexibility index (Phi) is 3.27. The summed E-state index contributed by atoms with van der Waals surface area (Å²) >= 11 is 0. The summed E-state index contributed by atoms with van der Waals surface area (Å²) in [5.41, 5.74) is 0. The molecule has 2 atom stereocenters. The van der Waals surface area contributed by atoms with Gasteiger partial charge in [-0.3, -0.25) is 4.90 Å². The van der Waals surface area contributed by atoms with Crippen LogP contribution in [0, 0.1) is 5.92 Å². The van der Waals surface area contributed by atoms with Crippen molar-refractivity contribution >= 4 is 0 Å². The second kappa shape index (κ2) is 5.27. The molecule has 0 radical (unpaired) electrons. The molecule has 0 aromatic carbocycles. The third-order valence-corrected chi connectivity index (χ3v) is 4.64. The zero-order valence-corrected chi connectivity index (χ0v) is 12.4. The van der Waals surface area contributed by atoms with Crippen LogP contribution in [0.4, 0.5) is 0 Å². The van der Waals surface area contributed by atoms with E-state index in [1.54, 1.807) is 0 Å². The van der Waals surface area contributed by atoms with Crippen LogP contribution in [0.3, 0.4) is 0 Å². The Morgan fingerprint density at radius 2 is 2.14 bits per heavy atom. The van der Waals surface area contributed by atoms with Crippen LogP contribution in [0.5, 0.6) is 0 Å². The molecule has 6 heteroatoms. The minimum Gasteiger partial charge on any atom is -0.370 e. The first-order chi connectivity index (χ1) is 10.3. The zero-order valence-electron chi connectivity index (χ0n) is 12.4.